The van der Waals surface area contributed by atoms with Crippen LogP contribution in [0, 0.1) is 26.2 Å². The Bertz CT molecular complexity index is 1850. The molecular weight excluding hydrogens is 508 g/mol. The highest BCUT2D eigenvalue weighted by atomic mass is 16.3. The van der Waals surface area contributed by atoms with Gasteiger partial charge in [0.05, 0.1) is 34.2 Å². The molecule has 0 aromatic heterocycles. The summed E-state index contributed by atoms with van der Waals surface area (Å²) in [6, 6.07) is 4.33. The van der Waals surface area contributed by atoms with Crippen LogP contribution in [0.4, 0.5) is 0 Å². The fraction of sp³-hybridized carbons (Fsp3) is 0.257. The number of nitrogens with one attached hydrogen (secondary N) is 1. The van der Waals surface area contributed by atoms with Gasteiger partial charge in [-0.15, -0.1) is 0 Å². The van der Waals surface area contributed by atoms with Gasteiger partial charge in [0, 0.05) is 45.5 Å². The first-order valence-electron chi connectivity index (χ1n) is 14.1. The summed E-state index contributed by atoms with van der Waals surface area (Å²) in [5.41, 5.74) is 14.1. The lowest BCUT2D eigenvalue weighted by atomic mass is 9.87. The summed E-state index contributed by atoms with van der Waals surface area (Å²) >= 11 is 0. The van der Waals surface area contributed by atoms with Gasteiger partial charge in [-0.05, 0) is 87.3 Å². The number of hydrogen-bond acceptors (Lipinski definition) is 6. The van der Waals surface area contributed by atoms with Gasteiger partial charge < -0.3 is 10.4 Å². The standard InChI is InChI=1S/C35H32N4O2/c1-17-9-18(2)32(19(3)10-17)33-27-13-23(20(4)40)26(37-27)11-21-7-8-22(36-21)12-31-35(5,6)16-29(38-31)24-15-30(41)25-14-28(33)39-34(24)25/h7-14,38,41H,15-16H2,1-6H3. The Balaban J connectivity index is 1.56. The van der Waals surface area contributed by atoms with Crippen molar-refractivity contribution in [3.05, 3.63) is 122 Å². The van der Waals surface area contributed by atoms with E-state index in [0.717, 1.165) is 74.0 Å². The molecule has 1 fully saturated rings. The lowest BCUT2D eigenvalue weighted by molar-refractivity contribution is -0.113. The van der Waals surface area contributed by atoms with E-state index in [-0.39, 0.29) is 11.2 Å². The van der Waals surface area contributed by atoms with Crippen LogP contribution in [0.15, 0.2) is 115 Å². The molecule has 6 nitrogen and oxygen atoms in total. The molecule has 8 bridgehead atoms. The number of Topliss-reactive ketones (excluding diaryl/α,β-unsaturated/α-hetero) is 1. The van der Waals surface area contributed by atoms with Crippen molar-refractivity contribution in [1.29, 1.82) is 0 Å². The number of aryl methyl sites for hydroxylation is 3. The zero-order chi connectivity index (χ0) is 28.8. The summed E-state index contributed by atoms with van der Waals surface area (Å²) in [4.78, 5) is 27.9. The number of aliphatic hydroxyl groups excluding tert-OH is 1. The van der Waals surface area contributed by atoms with Crippen LogP contribution in [0.2, 0.25) is 0 Å². The molecule has 204 valence electrons. The van der Waals surface area contributed by atoms with Crippen LogP contribution in [0.3, 0.4) is 0 Å². The summed E-state index contributed by atoms with van der Waals surface area (Å²) in [7, 11) is 0. The number of ketones is 1. The first-order valence-corrected chi connectivity index (χ1v) is 14.1. The van der Waals surface area contributed by atoms with E-state index < -0.39 is 0 Å². The van der Waals surface area contributed by atoms with E-state index in [9.17, 15) is 9.90 Å². The average Bonchev–Trinajstić information content (AvgIpc) is 3.68. The molecule has 5 aliphatic heterocycles. The van der Waals surface area contributed by atoms with Crippen LogP contribution < -0.4 is 5.32 Å². The van der Waals surface area contributed by atoms with Crippen molar-refractivity contribution in [2.75, 3.05) is 0 Å². The molecule has 1 aliphatic carbocycles. The summed E-state index contributed by atoms with van der Waals surface area (Å²) in [5, 5.41) is 14.8. The van der Waals surface area contributed by atoms with Crippen LogP contribution >= 0.6 is 0 Å². The van der Waals surface area contributed by atoms with Gasteiger partial charge in [-0.3, -0.25) is 4.79 Å². The Morgan fingerprint density at radius 3 is 2.46 bits per heavy atom. The lowest BCUT2D eigenvalue weighted by Crippen LogP contribution is -2.15. The highest BCUT2D eigenvalue weighted by Gasteiger charge is 2.39. The second kappa shape index (κ2) is 8.71. The molecule has 5 heterocycles. The lowest BCUT2D eigenvalue weighted by Gasteiger charge is -2.17. The first kappa shape index (κ1) is 25.4. The normalized spacial score (nSPS) is 22.0. The first-order chi connectivity index (χ1) is 19.5. The van der Waals surface area contributed by atoms with Crippen LogP contribution in [-0.4, -0.2) is 28.0 Å². The Labute approximate surface area is 240 Å². The number of carbonyl (C=O) groups excluding carboxylic acids is 1. The molecule has 41 heavy (non-hydrogen) atoms. The van der Waals surface area contributed by atoms with E-state index in [1.165, 1.54) is 5.56 Å². The minimum absolute atomic E-state index is 0.0577. The number of aliphatic hydroxyl groups is 1. The third-order valence-corrected chi connectivity index (χ3v) is 8.58. The number of allylic oxidation sites excluding steroid dienone is 12. The third kappa shape index (κ3) is 4.00. The number of fused-ring (bicyclic) bond motifs is 5. The molecule has 0 radical (unpaired) electrons. The Hall–Kier alpha value is -4.58. The Morgan fingerprint density at radius 1 is 0.976 bits per heavy atom. The summed E-state index contributed by atoms with van der Waals surface area (Å²) < 4.78 is 0. The van der Waals surface area contributed by atoms with Gasteiger partial charge in [0.2, 0.25) is 0 Å². The van der Waals surface area contributed by atoms with Crippen molar-refractivity contribution in [1.82, 2.24) is 5.32 Å². The second-order valence-electron chi connectivity index (χ2n) is 12.3. The maximum atomic E-state index is 12.9. The van der Waals surface area contributed by atoms with Crippen LogP contribution in [0.1, 0.15) is 55.9 Å². The van der Waals surface area contributed by atoms with Gasteiger partial charge in [0.1, 0.15) is 5.76 Å². The topological polar surface area (TPSA) is 86.4 Å². The quantitative estimate of drug-likeness (QED) is 0.427. The minimum Gasteiger partial charge on any atom is -0.511 e. The number of aliphatic imine (C=N–C) groups is 3. The maximum absolute atomic E-state index is 12.9. The van der Waals surface area contributed by atoms with E-state index in [0.29, 0.717) is 29.2 Å². The number of nitrogens with zero attached hydrogens (tertiary/aromatic N) is 3. The number of hydrogen-bond donors (Lipinski definition) is 2. The van der Waals surface area contributed by atoms with Gasteiger partial charge in [-0.25, -0.2) is 15.0 Å². The molecule has 1 aromatic rings. The van der Waals surface area contributed by atoms with E-state index in [1.54, 1.807) is 6.92 Å². The molecule has 1 saturated heterocycles. The third-order valence-electron chi connectivity index (χ3n) is 8.58. The molecule has 6 aliphatic rings. The number of carbonyl (C=O) groups is 1. The van der Waals surface area contributed by atoms with Crippen molar-refractivity contribution in [2.45, 2.75) is 54.4 Å². The van der Waals surface area contributed by atoms with E-state index in [1.807, 2.05) is 30.4 Å². The van der Waals surface area contributed by atoms with Crippen molar-refractivity contribution in [3.8, 4) is 0 Å². The number of benzene rings is 1. The van der Waals surface area contributed by atoms with Crippen LogP contribution in [-0.2, 0) is 4.79 Å². The molecule has 2 N–H and O–H groups in total. The van der Waals surface area contributed by atoms with Crippen molar-refractivity contribution in [2.24, 2.45) is 20.4 Å². The van der Waals surface area contributed by atoms with Crippen LogP contribution in [0.5, 0.6) is 0 Å². The van der Waals surface area contributed by atoms with E-state index in [4.69, 9.17) is 15.0 Å². The van der Waals surface area contributed by atoms with Gasteiger partial charge in [-0.1, -0.05) is 31.5 Å². The van der Waals surface area contributed by atoms with Gasteiger partial charge in [0.15, 0.2) is 5.78 Å². The molecule has 0 saturated carbocycles. The fourth-order valence-electron chi connectivity index (χ4n) is 6.68. The van der Waals surface area contributed by atoms with Gasteiger partial charge in [-0.2, -0.15) is 0 Å². The second-order valence-corrected chi connectivity index (χ2v) is 12.3. The Kier molecular flexibility index (Phi) is 5.39. The average molecular weight is 541 g/mol. The zero-order valence-corrected chi connectivity index (χ0v) is 24.2. The largest absolute Gasteiger partial charge is 0.511 e. The van der Waals surface area contributed by atoms with Crippen LogP contribution in [0.25, 0.3) is 5.57 Å². The highest BCUT2D eigenvalue weighted by Crippen LogP contribution is 2.46. The molecule has 0 spiro atoms. The zero-order valence-electron chi connectivity index (χ0n) is 24.2. The van der Waals surface area contributed by atoms with Crippen molar-refractivity contribution >= 4 is 28.5 Å². The molecule has 0 amide bonds. The van der Waals surface area contributed by atoms with Gasteiger partial charge >= 0.3 is 0 Å². The maximum Gasteiger partial charge on any atom is 0.162 e. The van der Waals surface area contributed by atoms with Crippen molar-refractivity contribution in [3.63, 3.8) is 0 Å². The predicted octanol–water partition coefficient (Wildman–Crippen LogP) is 6.91. The molecular formula is C35H32N4O2. The summed E-state index contributed by atoms with van der Waals surface area (Å²) in [6.45, 7) is 12.3. The minimum atomic E-state index is -0.135. The number of rotatable bonds is 2. The Morgan fingerprint density at radius 2 is 1.73 bits per heavy atom. The highest BCUT2D eigenvalue weighted by molar-refractivity contribution is 6.29. The van der Waals surface area contributed by atoms with Crippen molar-refractivity contribution < 1.29 is 9.90 Å². The predicted molar refractivity (Wildman–Crippen MR) is 165 cm³/mol. The molecule has 7 rings (SSSR count). The smallest absolute Gasteiger partial charge is 0.162 e. The SMILES string of the molecule is CC(=O)C1=CC2=C(c3c(C)cc(C)cc3C)C3=CC4=C(O)CC(=C5CC(C)(C)C(=CC6=NC(=CC1=N2)C=C6)N5)C4=N3. The summed E-state index contributed by atoms with van der Waals surface area (Å²) in [5.74, 6) is 0.269. The molecule has 1 aromatic carbocycles. The monoisotopic (exact) mass is 540 g/mol. The molecule has 6 heteroatoms. The van der Waals surface area contributed by atoms with Gasteiger partial charge in [0.25, 0.3) is 0 Å². The molecule has 0 atom stereocenters. The van der Waals surface area contributed by atoms with E-state index in [2.05, 4.69) is 58.1 Å². The molecule has 0 unspecified atom stereocenters. The fourth-order valence-corrected chi connectivity index (χ4v) is 6.68. The summed E-state index contributed by atoms with van der Waals surface area (Å²) in [6.07, 6.45) is 13.0. The van der Waals surface area contributed by atoms with E-state index >= 15 is 0 Å².